The number of carboxylic acid groups (broad SMARTS) is 1. The quantitative estimate of drug-likeness (QED) is 0.254. The molecule has 39 heavy (non-hydrogen) atoms. The molecule has 2 aliphatic heterocycles. The number of benzene rings is 1. The molecule has 14 heteroatoms. The Morgan fingerprint density at radius 1 is 1.08 bits per heavy atom. The molecule has 2 amide bonds. The minimum Gasteiger partial charge on any atom is -0.477 e. The van der Waals surface area contributed by atoms with Crippen LogP contribution in [0.2, 0.25) is 0 Å². The van der Waals surface area contributed by atoms with Crippen LogP contribution in [0.5, 0.6) is 11.5 Å². The van der Waals surface area contributed by atoms with Gasteiger partial charge in [-0.2, -0.15) is 0 Å². The van der Waals surface area contributed by atoms with E-state index in [2.05, 4.69) is 5.32 Å². The molecular weight excluding hydrogens is 552 g/mol. The number of rotatable bonds is 9. The molecule has 3 heterocycles. The van der Waals surface area contributed by atoms with E-state index in [1.165, 1.54) is 35.2 Å². The van der Waals surface area contributed by atoms with Crippen LogP contribution in [0.15, 0.2) is 47.0 Å². The third-order valence-corrected chi connectivity index (χ3v) is 7.76. The predicted molar refractivity (Wildman–Crippen MR) is 137 cm³/mol. The zero-order valence-corrected chi connectivity index (χ0v) is 22.3. The molecule has 0 spiro atoms. The first kappa shape index (κ1) is 27.9. The minimum absolute atomic E-state index is 0.0468. The fourth-order valence-corrected chi connectivity index (χ4v) is 5.97. The third kappa shape index (κ3) is 6.29. The van der Waals surface area contributed by atoms with Crippen molar-refractivity contribution in [3.05, 3.63) is 57.4 Å². The second-order valence-electron chi connectivity index (χ2n) is 8.39. The van der Waals surface area contributed by atoms with Crippen LogP contribution >= 0.6 is 23.1 Å². The molecule has 0 bridgehead atoms. The number of esters is 3. The van der Waals surface area contributed by atoms with Gasteiger partial charge in [0.05, 0.1) is 12.0 Å². The Bertz CT molecular complexity index is 1390. The van der Waals surface area contributed by atoms with E-state index in [9.17, 15) is 33.9 Å². The van der Waals surface area contributed by atoms with E-state index in [1.807, 2.05) is 11.4 Å². The number of hydrogen-bond acceptors (Lipinski definition) is 11. The van der Waals surface area contributed by atoms with Gasteiger partial charge in [0.1, 0.15) is 23.7 Å². The largest absolute Gasteiger partial charge is 0.477 e. The third-order valence-electron chi connectivity index (χ3n) is 5.55. The van der Waals surface area contributed by atoms with Crippen molar-refractivity contribution < 1.29 is 48.1 Å². The van der Waals surface area contributed by atoms with Gasteiger partial charge in [0.25, 0.3) is 5.91 Å². The molecule has 1 fully saturated rings. The number of thiophene rings is 1. The van der Waals surface area contributed by atoms with Crippen LogP contribution < -0.4 is 14.8 Å². The lowest BCUT2D eigenvalue weighted by molar-refractivity contribution is -0.150. The SMILES string of the molecule is CC(=O)Oc1ccc(C(=O)OCC2=C(C(=O)O)N3C(=O)C(NC(=O)Cc4cccs4)[C@H]3SC2)cc1OC(C)=O. The summed E-state index contributed by atoms with van der Waals surface area (Å²) in [6, 6.07) is 6.45. The molecule has 2 N–H and O–H groups in total. The zero-order chi connectivity index (χ0) is 28.3. The number of amides is 2. The lowest BCUT2D eigenvalue weighted by Crippen LogP contribution is -2.70. The zero-order valence-electron chi connectivity index (χ0n) is 20.6. The maximum atomic E-state index is 12.8. The number of aliphatic carboxylic acids is 1. The smallest absolute Gasteiger partial charge is 0.352 e. The first-order valence-corrected chi connectivity index (χ1v) is 13.4. The second-order valence-corrected chi connectivity index (χ2v) is 10.5. The number of carboxylic acids is 1. The van der Waals surface area contributed by atoms with Crippen LogP contribution in [0.1, 0.15) is 29.1 Å². The number of nitrogens with zero attached hydrogens (tertiary/aromatic N) is 1. The van der Waals surface area contributed by atoms with E-state index in [0.717, 1.165) is 29.7 Å². The van der Waals surface area contributed by atoms with Crippen molar-refractivity contribution in [2.45, 2.75) is 31.7 Å². The summed E-state index contributed by atoms with van der Waals surface area (Å²) in [5.74, 6) is -4.62. The van der Waals surface area contributed by atoms with Crippen LogP contribution in [0.4, 0.5) is 0 Å². The standard InChI is InChI=1S/C25H22N2O10S2/c1-12(28)36-17-6-5-14(8-18(17)37-13(2)29)25(34)35-10-15-11-39-23-20(22(31)27(23)21(15)24(32)33)26-19(30)9-16-4-3-7-38-16/h3-8,20,23H,9-11H2,1-2H3,(H,26,30)(H,32,33)/t20?,23-/m1/s1. The number of β-lactam (4-membered cyclic amide) rings is 1. The van der Waals surface area contributed by atoms with Gasteiger partial charge in [0, 0.05) is 30.1 Å². The summed E-state index contributed by atoms with van der Waals surface area (Å²) in [7, 11) is 0. The van der Waals surface area contributed by atoms with Crippen LogP contribution in [0.3, 0.4) is 0 Å². The van der Waals surface area contributed by atoms with Crippen molar-refractivity contribution in [3.63, 3.8) is 0 Å². The molecule has 0 radical (unpaired) electrons. The molecule has 12 nitrogen and oxygen atoms in total. The van der Waals surface area contributed by atoms with E-state index in [1.54, 1.807) is 6.07 Å². The number of fused-ring (bicyclic) bond motifs is 1. The maximum absolute atomic E-state index is 12.8. The molecule has 0 aliphatic carbocycles. The molecular formula is C25H22N2O10S2. The lowest BCUT2D eigenvalue weighted by Gasteiger charge is -2.49. The van der Waals surface area contributed by atoms with Gasteiger partial charge in [0.15, 0.2) is 11.5 Å². The second kappa shape index (κ2) is 11.7. The summed E-state index contributed by atoms with van der Waals surface area (Å²) >= 11 is 2.66. The van der Waals surface area contributed by atoms with Gasteiger partial charge in [-0.1, -0.05) is 6.07 Å². The van der Waals surface area contributed by atoms with Crippen molar-refractivity contribution >= 4 is 58.8 Å². The van der Waals surface area contributed by atoms with E-state index < -0.39 is 47.8 Å². The van der Waals surface area contributed by atoms with Crippen molar-refractivity contribution in [2.24, 2.45) is 0 Å². The molecule has 0 saturated carbocycles. The van der Waals surface area contributed by atoms with Gasteiger partial charge < -0.3 is 24.6 Å². The number of thioether (sulfide) groups is 1. The fourth-order valence-electron chi connectivity index (χ4n) is 3.94. The summed E-state index contributed by atoms with van der Waals surface area (Å²) in [4.78, 5) is 74.5. The summed E-state index contributed by atoms with van der Waals surface area (Å²) < 4.78 is 15.3. The van der Waals surface area contributed by atoms with Crippen LogP contribution in [-0.2, 0) is 35.1 Å². The number of ether oxygens (including phenoxy) is 3. The van der Waals surface area contributed by atoms with Crippen molar-refractivity contribution in [2.75, 3.05) is 12.4 Å². The first-order valence-electron chi connectivity index (χ1n) is 11.4. The van der Waals surface area contributed by atoms with E-state index in [-0.39, 0.29) is 46.4 Å². The summed E-state index contributed by atoms with van der Waals surface area (Å²) in [6.07, 6.45) is 0.114. The molecule has 1 aromatic heterocycles. The number of nitrogens with one attached hydrogen (secondary N) is 1. The van der Waals surface area contributed by atoms with Gasteiger partial charge in [-0.15, -0.1) is 23.1 Å². The van der Waals surface area contributed by atoms with Crippen molar-refractivity contribution in [1.29, 1.82) is 0 Å². The molecule has 2 atom stereocenters. The van der Waals surface area contributed by atoms with Crippen molar-refractivity contribution in [3.8, 4) is 11.5 Å². The number of hydrogen-bond donors (Lipinski definition) is 2. The highest BCUT2D eigenvalue weighted by atomic mass is 32.2. The Kier molecular flexibility index (Phi) is 8.35. The van der Waals surface area contributed by atoms with Crippen molar-refractivity contribution in [1.82, 2.24) is 10.2 Å². The molecule has 1 saturated heterocycles. The topological polar surface area (TPSA) is 166 Å². The lowest BCUT2D eigenvalue weighted by atomic mass is 10.0. The van der Waals surface area contributed by atoms with Gasteiger partial charge in [-0.05, 0) is 29.6 Å². The Hall–Kier alpha value is -4.17. The first-order chi connectivity index (χ1) is 18.5. The Labute approximate surface area is 229 Å². The summed E-state index contributed by atoms with van der Waals surface area (Å²) in [5, 5.41) is 13.7. The molecule has 204 valence electrons. The number of carbonyl (C=O) groups is 6. The highest BCUT2D eigenvalue weighted by molar-refractivity contribution is 8.00. The normalized spacial score (nSPS) is 18.0. The molecule has 2 aromatic rings. The Balaban J connectivity index is 1.44. The van der Waals surface area contributed by atoms with E-state index >= 15 is 0 Å². The maximum Gasteiger partial charge on any atom is 0.352 e. The monoisotopic (exact) mass is 574 g/mol. The van der Waals surface area contributed by atoms with Crippen LogP contribution in [0, 0.1) is 0 Å². The van der Waals surface area contributed by atoms with Gasteiger partial charge in [-0.3, -0.25) is 24.1 Å². The number of carbonyl (C=O) groups excluding carboxylic acids is 5. The molecule has 1 unspecified atom stereocenters. The molecule has 4 rings (SSSR count). The molecule has 2 aliphatic rings. The highest BCUT2D eigenvalue weighted by Gasteiger charge is 2.54. The van der Waals surface area contributed by atoms with E-state index in [4.69, 9.17) is 14.2 Å². The Morgan fingerprint density at radius 3 is 2.44 bits per heavy atom. The van der Waals surface area contributed by atoms with Crippen LogP contribution in [0.25, 0.3) is 0 Å². The molecule has 1 aromatic carbocycles. The summed E-state index contributed by atoms with van der Waals surface area (Å²) in [5.41, 5.74) is -0.147. The average Bonchev–Trinajstić information content (AvgIpc) is 3.38. The van der Waals surface area contributed by atoms with Crippen LogP contribution in [-0.4, -0.2) is 69.5 Å². The van der Waals surface area contributed by atoms with E-state index in [0.29, 0.717) is 0 Å². The Morgan fingerprint density at radius 2 is 1.79 bits per heavy atom. The highest BCUT2D eigenvalue weighted by Crippen LogP contribution is 2.40. The van der Waals surface area contributed by atoms with Gasteiger partial charge >= 0.3 is 23.9 Å². The van der Waals surface area contributed by atoms with Gasteiger partial charge in [-0.25, -0.2) is 9.59 Å². The predicted octanol–water partition coefficient (Wildman–Crippen LogP) is 1.74. The van der Waals surface area contributed by atoms with Gasteiger partial charge in [0.2, 0.25) is 5.91 Å². The minimum atomic E-state index is -1.37. The fraction of sp³-hybridized carbons (Fsp3) is 0.280. The summed E-state index contributed by atoms with van der Waals surface area (Å²) in [6.45, 7) is 1.87. The average molecular weight is 575 g/mol.